The van der Waals surface area contributed by atoms with Crippen LogP contribution in [0, 0.1) is 13.8 Å². The molecule has 0 aromatic carbocycles. The normalized spacial score (nSPS) is 10.6. The lowest BCUT2D eigenvalue weighted by Crippen LogP contribution is -2.14. The molecule has 5 nitrogen and oxygen atoms in total. The van der Waals surface area contributed by atoms with Crippen LogP contribution in [0.15, 0.2) is 17.2 Å². The average Bonchev–Trinajstić information content (AvgIpc) is 2.58. The second kappa shape index (κ2) is 3.34. The molecule has 0 atom stereocenters. The molecule has 2 aromatic rings. The van der Waals surface area contributed by atoms with E-state index in [2.05, 4.69) is 15.1 Å². The Bertz CT molecular complexity index is 553. The van der Waals surface area contributed by atoms with E-state index >= 15 is 0 Å². The van der Waals surface area contributed by atoms with Crippen molar-refractivity contribution in [1.82, 2.24) is 19.7 Å². The molecule has 2 heterocycles. The molecule has 0 aliphatic carbocycles. The van der Waals surface area contributed by atoms with Gasteiger partial charge in [0.05, 0.1) is 11.9 Å². The minimum absolute atomic E-state index is 0.175. The maximum absolute atomic E-state index is 11.6. The van der Waals surface area contributed by atoms with E-state index in [4.69, 9.17) is 0 Å². The molecule has 0 fully saturated rings. The number of hydrogen-bond acceptors (Lipinski definition) is 3. The summed E-state index contributed by atoms with van der Waals surface area (Å²) < 4.78 is 1.64. The topological polar surface area (TPSA) is 63.6 Å². The number of rotatable bonds is 1. The molecule has 0 radical (unpaired) electrons. The van der Waals surface area contributed by atoms with Gasteiger partial charge in [-0.05, 0) is 13.8 Å². The van der Waals surface area contributed by atoms with Gasteiger partial charge < -0.3 is 4.98 Å². The van der Waals surface area contributed by atoms with Gasteiger partial charge in [-0.3, -0.25) is 9.48 Å². The molecular weight excluding hydrogens is 192 g/mol. The van der Waals surface area contributed by atoms with Gasteiger partial charge in [0.2, 0.25) is 0 Å². The first-order chi connectivity index (χ1) is 7.08. The molecule has 0 saturated carbocycles. The summed E-state index contributed by atoms with van der Waals surface area (Å²) in [5, 5.41) is 4.01. The van der Waals surface area contributed by atoms with E-state index in [0.29, 0.717) is 5.69 Å². The Hall–Kier alpha value is -1.91. The molecule has 0 unspecified atom stereocenters. The summed E-state index contributed by atoms with van der Waals surface area (Å²) in [6, 6.07) is 0. The van der Waals surface area contributed by atoms with Gasteiger partial charge in [0.1, 0.15) is 5.69 Å². The zero-order valence-electron chi connectivity index (χ0n) is 8.90. The van der Waals surface area contributed by atoms with Crippen molar-refractivity contribution in [1.29, 1.82) is 0 Å². The van der Waals surface area contributed by atoms with Crippen LogP contribution >= 0.6 is 0 Å². The van der Waals surface area contributed by atoms with E-state index in [0.717, 1.165) is 17.0 Å². The van der Waals surface area contributed by atoms with Gasteiger partial charge in [0, 0.05) is 24.5 Å². The Labute approximate surface area is 86.8 Å². The standard InChI is InChI=1S/C10H12N4O/c1-6-7(2)13-10(15)9(12-6)8-4-11-14(3)5-8/h4-5H,1-3H3,(H,13,15). The summed E-state index contributed by atoms with van der Waals surface area (Å²) in [5.74, 6) is 0. The molecule has 78 valence electrons. The predicted octanol–water partition coefficient (Wildman–Crippen LogP) is 0.787. The number of H-pyrrole nitrogens is 1. The van der Waals surface area contributed by atoms with E-state index in [1.807, 2.05) is 13.8 Å². The molecule has 2 aromatic heterocycles. The molecule has 0 aliphatic heterocycles. The highest BCUT2D eigenvalue weighted by molar-refractivity contribution is 5.55. The number of hydrogen-bond donors (Lipinski definition) is 1. The molecular formula is C10H12N4O. The third-order valence-electron chi connectivity index (χ3n) is 2.32. The first-order valence-corrected chi connectivity index (χ1v) is 4.64. The summed E-state index contributed by atoms with van der Waals surface area (Å²) >= 11 is 0. The smallest absolute Gasteiger partial charge is 0.274 e. The zero-order valence-corrected chi connectivity index (χ0v) is 8.90. The van der Waals surface area contributed by atoms with Crippen molar-refractivity contribution in [3.63, 3.8) is 0 Å². The number of aryl methyl sites for hydroxylation is 3. The summed E-state index contributed by atoms with van der Waals surface area (Å²) in [4.78, 5) is 18.7. The summed E-state index contributed by atoms with van der Waals surface area (Å²) in [5.41, 5.74) is 2.61. The quantitative estimate of drug-likeness (QED) is 0.746. The van der Waals surface area contributed by atoms with E-state index in [9.17, 15) is 4.79 Å². The van der Waals surface area contributed by atoms with Crippen molar-refractivity contribution in [3.05, 3.63) is 34.1 Å². The Kier molecular flexibility index (Phi) is 2.15. The van der Waals surface area contributed by atoms with Crippen LogP contribution in [0.25, 0.3) is 11.3 Å². The lowest BCUT2D eigenvalue weighted by Gasteiger charge is -2.01. The monoisotopic (exact) mass is 204 g/mol. The van der Waals surface area contributed by atoms with Gasteiger partial charge in [-0.2, -0.15) is 5.10 Å². The highest BCUT2D eigenvalue weighted by atomic mass is 16.1. The number of nitrogens with one attached hydrogen (secondary N) is 1. The first kappa shape index (κ1) is 9.64. The fraction of sp³-hybridized carbons (Fsp3) is 0.300. The Balaban J connectivity index is 2.63. The molecule has 0 bridgehead atoms. The van der Waals surface area contributed by atoms with Crippen molar-refractivity contribution in [2.45, 2.75) is 13.8 Å². The zero-order chi connectivity index (χ0) is 11.0. The van der Waals surface area contributed by atoms with Crippen molar-refractivity contribution in [2.24, 2.45) is 7.05 Å². The van der Waals surface area contributed by atoms with Crippen LogP contribution in [0.2, 0.25) is 0 Å². The fourth-order valence-electron chi connectivity index (χ4n) is 1.36. The lowest BCUT2D eigenvalue weighted by atomic mass is 10.2. The maximum Gasteiger partial charge on any atom is 0.274 e. The Morgan fingerprint density at radius 1 is 1.40 bits per heavy atom. The van der Waals surface area contributed by atoms with Crippen LogP contribution in [-0.4, -0.2) is 19.7 Å². The van der Waals surface area contributed by atoms with Crippen molar-refractivity contribution in [2.75, 3.05) is 0 Å². The number of aromatic amines is 1. The number of nitrogens with zero attached hydrogens (tertiary/aromatic N) is 3. The third kappa shape index (κ3) is 1.68. The highest BCUT2D eigenvalue weighted by Gasteiger charge is 2.08. The van der Waals surface area contributed by atoms with Gasteiger partial charge in [-0.15, -0.1) is 0 Å². The fourth-order valence-corrected chi connectivity index (χ4v) is 1.36. The SMILES string of the molecule is Cc1nc(-c2cnn(C)c2)c(=O)[nH]c1C. The maximum atomic E-state index is 11.6. The number of aromatic nitrogens is 4. The predicted molar refractivity (Wildman–Crippen MR) is 56.5 cm³/mol. The van der Waals surface area contributed by atoms with Crippen LogP contribution in [0.1, 0.15) is 11.4 Å². The molecule has 1 N–H and O–H groups in total. The van der Waals surface area contributed by atoms with Crippen LogP contribution < -0.4 is 5.56 Å². The Morgan fingerprint density at radius 2 is 2.13 bits per heavy atom. The summed E-state index contributed by atoms with van der Waals surface area (Å²) in [6.45, 7) is 3.70. The second-order valence-corrected chi connectivity index (χ2v) is 3.53. The van der Waals surface area contributed by atoms with Crippen molar-refractivity contribution < 1.29 is 0 Å². The molecule has 5 heteroatoms. The van der Waals surface area contributed by atoms with E-state index in [1.54, 1.807) is 24.1 Å². The summed E-state index contributed by atoms with van der Waals surface area (Å²) in [6.07, 6.45) is 3.40. The van der Waals surface area contributed by atoms with Crippen LogP contribution in [0.3, 0.4) is 0 Å². The van der Waals surface area contributed by atoms with Gasteiger partial charge >= 0.3 is 0 Å². The van der Waals surface area contributed by atoms with E-state index < -0.39 is 0 Å². The minimum atomic E-state index is -0.175. The van der Waals surface area contributed by atoms with Crippen molar-refractivity contribution in [3.8, 4) is 11.3 Å². The third-order valence-corrected chi connectivity index (χ3v) is 2.32. The molecule has 0 amide bonds. The lowest BCUT2D eigenvalue weighted by molar-refractivity contribution is 0.768. The van der Waals surface area contributed by atoms with Crippen LogP contribution in [-0.2, 0) is 7.05 Å². The van der Waals surface area contributed by atoms with Gasteiger partial charge in [0.25, 0.3) is 5.56 Å². The van der Waals surface area contributed by atoms with E-state index in [-0.39, 0.29) is 5.56 Å². The minimum Gasteiger partial charge on any atom is -0.323 e. The van der Waals surface area contributed by atoms with Gasteiger partial charge in [0.15, 0.2) is 0 Å². The van der Waals surface area contributed by atoms with E-state index in [1.165, 1.54) is 0 Å². The molecule has 0 spiro atoms. The molecule has 2 rings (SSSR count). The Morgan fingerprint density at radius 3 is 2.73 bits per heavy atom. The molecule has 15 heavy (non-hydrogen) atoms. The van der Waals surface area contributed by atoms with Crippen LogP contribution in [0.4, 0.5) is 0 Å². The van der Waals surface area contributed by atoms with Gasteiger partial charge in [-0.25, -0.2) is 4.98 Å². The second-order valence-electron chi connectivity index (χ2n) is 3.53. The summed E-state index contributed by atoms with van der Waals surface area (Å²) in [7, 11) is 1.80. The molecule has 0 saturated heterocycles. The first-order valence-electron chi connectivity index (χ1n) is 4.64. The van der Waals surface area contributed by atoms with Gasteiger partial charge in [-0.1, -0.05) is 0 Å². The van der Waals surface area contributed by atoms with Crippen LogP contribution in [0.5, 0.6) is 0 Å². The average molecular weight is 204 g/mol. The largest absolute Gasteiger partial charge is 0.323 e. The highest BCUT2D eigenvalue weighted by Crippen LogP contribution is 2.11. The van der Waals surface area contributed by atoms with Crippen molar-refractivity contribution >= 4 is 0 Å². The molecule has 0 aliphatic rings.